The number of aromatic amines is 1. The molecular weight excluding hydrogens is 132 g/mol. The Hall–Kier alpha value is -0.440. The summed E-state index contributed by atoms with van der Waals surface area (Å²) in [6.45, 7) is 3.71. The number of thioether (sulfide) groups is 1. The maximum atomic E-state index is 4.19. The first-order valence-corrected chi connectivity index (χ1v) is 3.97. The third-order valence-corrected chi connectivity index (χ3v) is 1.65. The van der Waals surface area contributed by atoms with Crippen LogP contribution in [0.1, 0.15) is 5.69 Å². The number of aromatic nitrogens is 2. The van der Waals surface area contributed by atoms with Crippen LogP contribution in [0.4, 0.5) is 0 Å². The van der Waals surface area contributed by atoms with Crippen LogP contribution < -0.4 is 0 Å². The molecule has 0 aliphatic rings. The maximum absolute atomic E-state index is 4.19. The van der Waals surface area contributed by atoms with Gasteiger partial charge in [-0.3, -0.25) is 0 Å². The standard InChI is InChI=1S/C6H9N2S/c1-3-5-4-7-6(8-5)9-2/h4H,1,3H2,2H3,(H,7,8). The monoisotopic (exact) mass is 141 g/mol. The highest BCUT2D eigenvalue weighted by Crippen LogP contribution is 2.08. The van der Waals surface area contributed by atoms with Crippen molar-refractivity contribution in [2.45, 2.75) is 11.6 Å². The van der Waals surface area contributed by atoms with Gasteiger partial charge in [-0.15, -0.1) is 0 Å². The van der Waals surface area contributed by atoms with Crippen molar-refractivity contribution in [3.8, 4) is 0 Å². The first-order chi connectivity index (χ1) is 4.36. The Morgan fingerprint density at radius 1 is 1.89 bits per heavy atom. The Labute approximate surface area is 59.1 Å². The molecule has 1 aromatic rings. The zero-order valence-electron chi connectivity index (χ0n) is 5.35. The minimum Gasteiger partial charge on any atom is -0.339 e. The molecule has 0 fully saturated rings. The first-order valence-electron chi connectivity index (χ1n) is 2.74. The molecule has 0 saturated heterocycles. The minimum atomic E-state index is 0.761. The molecule has 1 aromatic heterocycles. The number of H-pyrrole nitrogens is 1. The molecule has 0 aromatic carbocycles. The van der Waals surface area contributed by atoms with E-state index >= 15 is 0 Å². The average molecular weight is 141 g/mol. The summed E-state index contributed by atoms with van der Waals surface area (Å²) in [5.41, 5.74) is 1.03. The molecule has 2 nitrogen and oxygen atoms in total. The van der Waals surface area contributed by atoms with Crippen molar-refractivity contribution in [2.75, 3.05) is 6.26 Å². The van der Waals surface area contributed by atoms with E-state index in [2.05, 4.69) is 16.9 Å². The third-order valence-electron chi connectivity index (χ3n) is 1.06. The predicted molar refractivity (Wildman–Crippen MR) is 39.4 cm³/mol. The summed E-state index contributed by atoms with van der Waals surface area (Å²) >= 11 is 1.61. The summed E-state index contributed by atoms with van der Waals surface area (Å²) in [6.07, 6.45) is 4.64. The van der Waals surface area contributed by atoms with Crippen LogP contribution in [0.3, 0.4) is 0 Å². The van der Waals surface area contributed by atoms with Gasteiger partial charge in [0.05, 0.1) is 5.69 Å². The maximum Gasteiger partial charge on any atom is 0.165 e. The molecule has 49 valence electrons. The Kier molecular flexibility index (Phi) is 2.16. The van der Waals surface area contributed by atoms with E-state index in [1.165, 1.54) is 0 Å². The summed E-state index contributed by atoms with van der Waals surface area (Å²) in [5, 5.41) is 0.966. The van der Waals surface area contributed by atoms with Crippen LogP contribution in [-0.2, 0) is 6.42 Å². The second-order valence-corrected chi connectivity index (χ2v) is 2.45. The van der Waals surface area contributed by atoms with Gasteiger partial charge in [0.15, 0.2) is 5.16 Å². The highest BCUT2D eigenvalue weighted by Gasteiger charge is 1.94. The summed E-state index contributed by atoms with van der Waals surface area (Å²) in [4.78, 5) is 7.21. The quantitative estimate of drug-likeness (QED) is 0.632. The normalized spacial score (nSPS) is 10.0. The molecule has 0 amide bonds. The van der Waals surface area contributed by atoms with Crippen molar-refractivity contribution in [3.63, 3.8) is 0 Å². The summed E-state index contributed by atoms with van der Waals surface area (Å²) in [6, 6.07) is 0. The zero-order valence-corrected chi connectivity index (χ0v) is 6.16. The molecule has 3 heteroatoms. The van der Waals surface area contributed by atoms with Gasteiger partial charge >= 0.3 is 0 Å². The Morgan fingerprint density at radius 3 is 3.00 bits per heavy atom. The average Bonchev–Trinajstić information content (AvgIpc) is 2.34. The van der Waals surface area contributed by atoms with Crippen molar-refractivity contribution in [1.82, 2.24) is 9.97 Å². The van der Waals surface area contributed by atoms with Gasteiger partial charge in [-0.2, -0.15) is 0 Å². The van der Waals surface area contributed by atoms with Crippen LogP contribution >= 0.6 is 11.8 Å². The molecule has 1 heterocycles. The predicted octanol–water partition coefficient (Wildman–Crippen LogP) is 1.51. The van der Waals surface area contributed by atoms with Crippen molar-refractivity contribution in [3.05, 3.63) is 18.8 Å². The lowest BCUT2D eigenvalue weighted by Crippen LogP contribution is -1.76. The first kappa shape index (κ1) is 6.68. The lowest BCUT2D eigenvalue weighted by atomic mass is 10.4. The summed E-state index contributed by atoms with van der Waals surface area (Å²) < 4.78 is 0. The topological polar surface area (TPSA) is 28.7 Å². The van der Waals surface area contributed by atoms with E-state index in [1.54, 1.807) is 11.8 Å². The fraction of sp³-hybridized carbons (Fsp3) is 0.333. The summed E-state index contributed by atoms with van der Waals surface area (Å²) in [5.74, 6) is 0. The van der Waals surface area contributed by atoms with E-state index in [9.17, 15) is 0 Å². The zero-order chi connectivity index (χ0) is 6.69. The molecule has 0 aliphatic carbocycles. The number of hydrogen-bond donors (Lipinski definition) is 1. The third kappa shape index (κ3) is 1.48. The number of nitrogens with zero attached hydrogens (tertiary/aromatic N) is 1. The fourth-order valence-corrected chi connectivity index (χ4v) is 0.958. The van der Waals surface area contributed by atoms with Gasteiger partial charge in [0.1, 0.15) is 0 Å². The smallest absolute Gasteiger partial charge is 0.165 e. The van der Waals surface area contributed by atoms with Crippen LogP contribution in [-0.4, -0.2) is 16.2 Å². The Bertz CT molecular complexity index is 164. The molecule has 1 N–H and O–H groups in total. The molecule has 0 bridgehead atoms. The molecule has 0 spiro atoms. The van der Waals surface area contributed by atoms with Crippen LogP contribution in [0.25, 0.3) is 0 Å². The van der Waals surface area contributed by atoms with Crippen LogP contribution in [0, 0.1) is 6.92 Å². The van der Waals surface area contributed by atoms with Crippen molar-refractivity contribution < 1.29 is 0 Å². The van der Waals surface area contributed by atoms with E-state index in [0.717, 1.165) is 17.3 Å². The fourth-order valence-electron chi connectivity index (χ4n) is 0.573. The molecule has 0 unspecified atom stereocenters. The number of hydrogen-bond acceptors (Lipinski definition) is 2. The second kappa shape index (κ2) is 2.92. The van der Waals surface area contributed by atoms with E-state index < -0.39 is 0 Å². The van der Waals surface area contributed by atoms with Gasteiger partial charge in [0.2, 0.25) is 0 Å². The molecule has 1 radical (unpaired) electrons. The van der Waals surface area contributed by atoms with E-state index in [1.807, 2.05) is 12.5 Å². The molecule has 0 saturated carbocycles. The molecule has 1 rings (SSSR count). The number of rotatable bonds is 2. The number of imidazole rings is 1. The van der Waals surface area contributed by atoms with Crippen molar-refractivity contribution in [1.29, 1.82) is 0 Å². The van der Waals surface area contributed by atoms with Gasteiger partial charge in [-0.25, -0.2) is 4.98 Å². The Morgan fingerprint density at radius 2 is 2.67 bits per heavy atom. The van der Waals surface area contributed by atoms with Gasteiger partial charge in [0.25, 0.3) is 0 Å². The highest BCUT2D eigenvalue weighted by molar-refractivity contribution is 7.98. The van der Waals surface area contributed by atoms with Gasteiger partial charge < -0.3 is 4.98 Å². The van der Waals surface area contributed by atoms with E-state index in [-0.39, 0.29) is 0 Å². The van der Waals surface area contributed by atoms with Crippen LogP contribution in [0.5, 0.6) is 0 Å². The van der Waals surface area contributed by atoms with Crippen LogP contribution in [0.15, 0.2) is 11.4 Å². The summed E-state index contributed by atoms with van der Waals surface area (Å²) in [7, 11) is 0. The molecular formula is C6H9N2S. The molecule has 0 aliphatic heterocycles. The van der Waals surface area contributed by atoms with Crippen LogP contribution in [0.2, 0.25) is 0 Å². The van der Waals surface area contributed by atoms with Gasteiger partial charge in [-0.05, 0) is 19.6 Å². The minimum absolute atomic E-state index is 0.761. The SMILES string of the molecule is [CH2]Cc1c[nH]c(SC)n1. The largest absolute Gasteiger partial charge is 0.339 e. The lowest BCUT2D eigenvalue weighted by Gasteiger charge is -1.82. The van der Waals surface area contributed by atoms with Gasteiger partial charge in [0, 0.05) is 6.20 Å². The molecule has 9 heavy (non-hydrogen) atoms. The van der Waals surface area contributed by atoms with Crippen molar-refractivity contribution in [2.24, 2.45) is 0 Å². The lowest BCUT2D eigenvalue weighted by molar-refractivity contribution is 1.03. The van der Waals surface area contributed by atoms with E-state index in [4.69, 9.17) is 0 Å². The highest BCUT2D eigenvalue weighted by atomic mass is 32.2. The molecule has 0 atom stereocenters. The van der Waals surface area contributed by atoms with Gasteiger partial charge in [-0.1, -0.05) is 11.8 Å². The second-order valence-electron chi connectivity index (χ2n) is 1.65. The number of nitrogens with one attached hydrogen (secondary N) is 1. The Balaban J connectivity index is 2.74. The van der Waals surface area contributed by atoms with Crippen molar-refractivity contribution >= 4 is 11.8 Å². The van der Waals surface area contributed by atoms with E-state index in [0.29, 0.717) is 0 Å².